The maximum absolute atomic E-state index is 11.9. The highest BCUT2D eigenvalue weighted by Gasteiger charge is 2.27. The molecule has 1 heterocycles. The number of ether oxygens (including phenoxy) is 1. The molecule has 0 saturated heterocycles. The molecule has 1 aromatic rings. The van der Waals surface area contributed by atoms with Crippen molar-refractivity contribution in [1.82, 2.24) is 0 Å². The Kier molecular flexibility index (Phi) is 3.47. The smallest absolute Gasteiger partial charge is 0.335 e. The molecule has 1 aromatic carbocycles. The van der Waals surface area contributed by atoms with Gasteiger partial charge in [-0.3, -0.25) is 0 Å². The van der Waals surface area contributed by atoms with Crippen molar-refractivity contribution in [3.63, 3.8) is 0 Å². The van der Waals surface area contributed by atoms with E-state index in [9.17, 15) is 13.2 Å². The molecule has 0 bridgehead atoms. The summed E-state index contributed by atoms with van der Waals surface area (Å²) in [5.41, 5.74) is 0.971. The minimum atomic E-state index is -3.48. The quantitative estimate of drug-likeness (QED) is 0.912. The highest BCUT2D eigenvalue weighted by molar-refractivity contribution is 7.95. The van der Waals surface area contributed by atoms with Crippen LogP contribution in [-0.4, -0.2) is 32.2 Å². The summed E-state index contributed by atoms with van der Waals surface area (Å²) in [4.78, 5) is 11.1. The van der Waals surface area contributed by atoms with Crippen LogP contribution in [0.3, 0.4) is 0 Å². The number of sulfone groups is 1. The van der Waals surface area contributed by atoms with Gasteiger partial charge in [0.15, 0.2) is 0 Å². The van der Waals surface area contributed by atoms with E-state index < -0.39 is 15.8 Å². The third-order valence-electron chi connectivity index (χ3n) is 2.75. The number of fused-ring (bicyclic) bond motifs is 1. The molecule has 19 heavy (non-hydrogen) atoms. The van der Waals surface area contributed by atoms with Crippen LogP contribution in [0, 0.1) is 0 Å². The first-order valence-corrected chi connectivity index (χ1v) is 7.31. The van der Waals surface area contributed by atoms with Gasteiger partial charge in [0.05, 0.1) is 23.2 Å². The van der Waals surface area contributed by atoms with Crippen LogP contribution >= 0.6 is 0 Å². The maximum atomic E-state index is 11.9. The number of aromatic carboxylic acids is 1. The second-order valence-corrected chi connectivity index (χ2v) is 6.33. The Bertz CT molecular complexity index is 656. The van der Waals surface area contributed by atoms with Gasteiger partial charge in [0.25, 0.3) is 0 Å². The molecule has 0 saturated carbocycles. The second kappa shape index (κ2) is 4.79. The number of hydrogen-bond acceptors (Lipinski definition) is 4. The van der Waals surface area contributed by atoms with Crippen LogP contribution in [0.15, 0.2) is 28.5 Å². The molecule has 5 nitrogen and oxygen atoms in total. The predicted molar refractivity (Wildman–Crippen MR) is 69.7 cm³/mol. The molecule has 1 N–H and O–H groups in total. The first kappa shape index (κ1) is 13.8. The summed E-state index contributed by atoms with van der Waals surface area (Å²) in [7, 11) is -3.48. The normalized spacial score (nSPS) is 16.3. The van der Waals surface area contributed by atoms with Crippen LogP contribution in [0.2, 0.25) is 0 Å². The van der Waals surface area contributed by atoms with Gasteiger partial charge in [-0.05, 0) is 37.6 Å². The number of benzene rings is 1. The van der Waals surface area contributed by atoms with Gasteiger partial charge in [-0.2, -0.15) is 0 Å². The van der Waals surface area contributed by atoms with Crippen molar-refractivity contribution in [2.45, 2.75) is 24.8 Å². The van der Waals surface area contributed by atoms with Crippen LogP contribution in [-0.2, 0) is 14.6 Å². The summed E-state index contributed by atoms with van der Waals surface area (Å²) in [5.74, 6) is -1.09. The van der Waals surface area contributed by atoms with Crippen molar-refractivity contribution in [2.75, 3.05) is 6.61 Å². The summed E-state index contributed by atoms with van der Waals surface area (Å²) >= 11 is 0. The molecule has 2 rings (SSSR count). The van der Waals surface area contributed by atoms with Gasteiger partial charge >= 0.3 is 5.97 Å². The molecule has 0 atom stereocenters. The van der Waals surface area contributed by atoms with E-state index in [4.69, 9.17) is 9.84 Å². The van der Waals surface area contributed by atoms with E-state index in [1.165, 1.54) is 18.2 Å². The highest BCUT2D eigenvalue weighted by atomic mass is 32.2. The fourth-order valence-electron chi connectivity index (χ4n) is 1.84. The largest absolute Gasteiger partial charge is 0.478 e. The van der Waals surface area contributed by atoms with E-state index in [0.717, 1.165) is 5.41 Å². The summed E-state index contributed by atoms with van der Waals surface area (Å²) in [5, 5.41) is 10.1. The zero-order valence-electron chi connectivity index (χ0n) is 10.6. The Morgan fingerprint density at radius 3 is 2.63 bits per heavy atom. The average Bonchev–Trinajstić information content (AvgIpc) is 2.58. The number of carboxylic acid groups (broad SMARTS) is 1. The molecular weight excluding hydrogens is 268 g/mol. The van der Waals surface area contributed by atoms with E-state index in [-0.39, 0.29) is 23.2 Å². The summed E-state index contributed by atoms with van der Waals surface area (Å²) in [6.45, 7) is 3.84. The Hall–Kier alpha value is -1.66. The van der Waals surface area contributed by atoms with Crippen LogP contribution in [0.5, 0.6) is 0 Å². The topological polar surface area (TPSA) is 80.7 Å². The lowest BCUT2D eigenvalue weighted by atomic mass is 10.1. The van der Waals surface area contributed by atoms with Gasteiger partial charge in [0.1, 0.15) is 0 Å². The zero-order chi connectivity index (χ0) is 14.2. The first-order valence-electron chi connectivity index (χ1n) is 5.76. The third kappa shape index (κ3) is 2.69. The van der Waals surface area contributed by atoms with Crippen molar-refractivity contribution in [3.8, 4) is 0 Å². The Labute approximate surface area is 111 Å². The van der Waals surface area contributed by atoms with E-state index in [1.54, 1.807) is 0 Å². The molecule has 0 aromatic heterocycles. The molecule has 0 amide bonds. The monoisotopic (exact) mass is 282 g/mol. The first-order chi connectivity index (χ1) is 8.81. The molecule has 0 spiro atoms. The van der Waals surface area contributed by atoms with Crippen LogP contribution in [0.4, 0.5) is 0 Å². The Balaban J connectivity index is 2.46. The molecule has 102 valence electrons. The molecule has 1 aliphatic rings. The standard InChI is InChI=1S/C13H14O5S/c1-8(2)18-6-10-7-19(16,17)12-4-3-9(13(14)15)5-11(10)12/h3-5,7-8H,6H2,1-2H3,(H,14,15). The summed E-state index contributed by atoms with van der Waals surface area (Å²) < 4.78 is 29.2. The Morgan fingerprint density at radius 1 is 1.37 bits per heavy atom. The fraction of sp³-hybridized carbons (Fsp3) is 0.308. The molecule has 0 fully saturated rings. The number of hydrogen-bond donors (Lipinski definition) is 1. The number of carbonyl (C=O) groups is 1. The molecule has 0 aliphatic carbocycles. The van der Waals surface area contributed by atoms with Gasteiger partial charge in [-0.1, -0.05) is 0 Å². The number of carboxylic acids is 1. The van der Waals surface area contributed by atoms with Gasteiger partial charge in [-0.25, -0.2) is 13.2 Å². The average molecular weight is 282 g/mol. The van der Waals surface area contributed by atoms with Gasteiger partial charge in [0.2, 0.25) is 9.84 Å². The molecule has 6 heteroatoms. The van der Waals surface area contributed by atoms with E-state index in [0.29, 0.717) is 11.1 Å². The fourth-order valence-corrected chi connectivity index (χ4v) is 3.30. The van der Waals surface area contributed by atoms with Crippen molar-refractivity contribution in [3.05, 3.63) is 34.7 Å². The van der Waals surface area contributed by atoms with Crippen LogP contribution < -0.4 is 0 Å². The molecular formula is C13H14O5S. The summed E-state index contributed by atoms with van der Waals surface area (Å²) in [6.07, 6.45) is -0.0321. The molecule has 1 aliphatic heterocycles. The SMILES string of the molecule is CC(C)OCC1=CS(=O)(=O)c2ccc(C(=O)O)cc21. The van der Waals surface area contributed by atoms with Gasteiger partial charge < -0.3 is 9.84 Å². The minimum Gasteiger partial charge on any atom is -0.478 e. The Morgan fingerprint density at radius 2 is 2.05 bits per heavy atom. The highest BCUT2D eigenvalue weighted by Crippen LogP contribution is 2.34. The van der Waals surface area contributed by atoms with E-state index in [2.05, 4.69) is 0 Å². The van der Waals surface area contributed by atoms with Crippen LogP contribution in [0.1, 0.15) is 29.8 Å². The predicted octanol–water partition coefficient (Wildman–Crippen LogP) is 1.94. The lowest BCUT2D eigenvalue weighted by Gasteiger charge is -2.09. The van der Waals surface area contributed by atoms with Crippen molar-refractivity contribution in [1.29, 1.82) is 0 Å². The lowest BCUT2D eigenvalue weighted by Crippen LogP contribution is -2.05. The van der Waals surface area contributed by atoms with Crippen molar-refractivity contribution in [2.24, 2.45) is 0 Å². The molecule has 0 unspecified atom stereocenters. The minimum absolute atomic E-state index is 0.0321. The van der Waals surface area contributed by atoms with Gasteiger partial charge in [0, 0.05) is 11.0 Å². The number of rotatable bonds is 4. The van der Waals surface area contributed by atoms with Gasteiger partial charge in [-0.15, -0.1) is 0 Å². The van der Waals surface area contributed by atoms with Crippen molar-refractivity contribution >= 4 is 21.4 Å². The second-order valence-electron chi connectivity index (χ2n) is 4.56. The van der Waals surface area contributed by atoms with E-state index in [1.807, 2.05) is 13.8 Å². The van der Waals surface area contributed by atoms with Crippen LogP contribution in [0.25, 0.3) is 5.57 Å². The maximum Gasteiger partial charge on any atom is 0.335 e. The lowest BCUT2D eigenvalue weighted by molar-refractivity contribution is 0.0696. The summed E-state index contributed by atoms with van der Waals surface area (Å²) in [6, 6.07) is 3.99. The molecule has 0 radical (unpaired) electrons. The van der Waals surface area contributed by atoms with E-state index >= 15 is 0 Å². The third-order valence-corrected chi connectivity index (χ3v) is 4.31. The zero-order valence-corrected chi connectivity index (χ0v) is 11.4. The van der Waals surface area contributed by atoms with Crippen molar-refractivity contribution < 1.29 is 23.1 Å².